The van der Waals surface area contributed by atoms with E-state index in [4.69, 9.17) is 20.1 Å². The molecule has 0 atom stereocenters. The lowest BCUT2D eigenvalue weighted by Crippen LogP contribution is -1.97. The first-order valence-corrected chi connectivity index (χ1v) is 7.56. The monoisotopic (exact) mass is 315 g/mol. The van der Waals surface area contributed by atoms with Gasteiger partial charge in [-0.1, -0.05) is 50.1 Å². The Bertz CT molecular complexity index is 585. The minimum Gasteiger partial charge on any atom is -0.477 e. The predicted molar refractivity (Wildman–Crippen MR) is 86.9 cm³/mol. The van der Waals surface area contributed by atoms with E-state index < -0.39 is 5.97 Å². The van der Waals surface area contributed by atoms with E-state index in [0.29, 0.717) is 12.2 Å². The average molecular weight is 315 g/mol. The van der Waals surface area contributed by atoms with Crippen LogP contribution in [-0.4, -0.2) is 17.7 Å². The Morgan fingerprint density at radius 1 is 1.35 bits per heavy atom. The molecule has 5 heteroatoms. The fourth-order valence-electron chi connectivity index (χ4n) is 1.82. The standard InChI is InChI=1S/C10H7NO2.C8H14O2/c11-7-9(10(12)13)6-8-4-2-1-3-5-8;1-2-3-4-5-8-6-7-9-10-8/h1-6H,(H,12,13);6H,2-5,7H2,1H3. The molecule has 23 heavy (non-hydrogen) atoms. The van der Waals surface area contributed by atoms with E-state index in [9.17, 15) is 4.79 Å². The third kappa shape index (κ3) is 7.84. The van der Waals surface area contributed by atoms with Crippen molar-refractivity contribution in [3.8, 4) is 6.07 Å². The maximum Gasteiger partial charge on any atom is 0.346 e. The van der Waals surface area contributed by atoms with Crippen LogP contribution in [-0.2, 0) is 14.6 Å². The molecule has 1 aromatic rings. The normalized spacial score (nSPS) is 13.2. The van der Waals surface area contributed by atoms with E-state index in [1.54, 1.807) is 30.3 Å². The molecule has 0 saturated heterocycles. The average Bonchev–Trinajstić information content (AvgIpc) is 3.07. The first kappa shape index (κ1) is 18.5. The van der Waals surface area contributed by atoms with E-state index in [0.717, 1.165) is 12.2 Å². The number of rotatable bonds is 6. The van der Waals surface area contributed by atoms with Crippen LogP contribution in [0.2, 0.25) is 0 Å². The van der Waals surface area contributed by atoms with Crippen LogP contribution in [0.25, 0.3) is 6.08 Å². The van der Waals surface area contributed by atoms with Gasteiger partial charge >= 0.3 is 5.97 Å². The zero-order valence-corrected chi connectivity index (χ0v) is 13.2. The number of allylic oxidation sites excluding steroid dienone is 1. The Balaban J connectivity index is 0.000000238. The van der Waals surface area contributed by atoms with Gasteiger partial charge in [-0.15, -0.1) is 0 Å². The van der Waals surface area contributed by atoms with Gasteiger partial charge in [0.1, 0.15) is 24.0 Å². The highest BCUT2D eigenvalue weighted by Crippen LogP contribution is 2.14. The van der Waals surface area contributed by atoms with Crippen molar-refractivity contribution in [1.29, 1.82) is 5.26 Å². The van der Waals surface area contributed by atoms with Crippen molar-refractivity contribution in [2.24, 2.45) is 0 Å². The van der Waals surface area contributed by atoms with Crippen LogP contribution in [0.5, 0.6) is 0 Å². The number of hydrogen-bond acceptors (Lipinski definition) is 4. The first-order valence-electron chi connectivity index (χ1n) is 7.56. The Morgan fingerprint density at radius 3 is 2.61 bits per heavy atom. The van der Waals surface area contributed by atoms with Crippen molar-refractivity contribution in [3.05, 3.63) is 53.3 Å². The highest BCUT2D eigenvalue weighted by atomic mass is 17.2. The molecule has 2 rings (SSSR count). The highest BCUT2D eigenvalue weighted by Gasteiger charge is 2.05. The minimum atomic E-state index is -1.20. The molecule has 5 nitrogen and oxygen atoms in total. The van der Waals surface area contributed by atoms with Crippen molar-refractivity contribution >= 4 is 12.0 Å². The minimum absolute atomic E-state index is 0.258. The van der Waals surface area contributed by atoms with E-state index >= 15 is 0 Å². The Morgan fingerprint density at radius 2 is 2.09 bits per heavy atom. The molecule has 0 radical (unpaired) electrons. The zero-order chi connectivity index (χ0) is 16.9. The molecule has 0 fully saturated rings. The Hall–Kier alpha value is -2.58. The molecule has 0 saturated carbocycles. The Labute approximate surface area is 136 Å². The van der Waals surface area contributed by atoms with E-state index in [1.165, 1.54) is 25.3 Å². The van der Waals surface area contributed by atoms with Gasteiger partial charge in [-0.2, -0.15) is 10.1 Å². The number of benzene rings is 1. The van der Waals surface area contributed by atoms with Crippen molar-refractivity contribution < 1.29 is 19.7 Å². The second kappa shape index (κ2) is 11.0. The second-order valence-electron chi connectivity index (χ2n) is 4.88. The molecule has 0 bridgehead atoms. The molecular formula is C18H21NO4. The molecule has 1 aromatic carbocycles. The number of nitrogens with zero attached hydrogens (tertiary/aromatic N) is 1. The maximum absolute atomic E-state index is 10.4. The molecule has 0 spiro atoms. The summed E-state index contributed by atoms with van der Waals surface area (Å²) >= 11 is 0. The van der Waals surface area contributed by atoms with Crippen LogP contribution in [0.4, 0.5) is 0 Å². The molecule has 0 unspecified atom stereocenters. The van der Waals surface area contributed by atoms with E-state index in [-0.39, 0.29) is 5.57 Å². The fourth-order valence-corrected chi connectivity index (χ4v) is 1.82. The van der Waals surface area contributed by atoms with Gasteiger partial charge in [0, 0.05) is 6.42 Å². The lowest BCUT2D eigenvalue weighted by Gasteiger charge is -1.98. The van der Waals surface area contributed by atoms with Crippen LogP contribution in [0.15, 0.2) is 47.7 Å². The van der Waals surface area contributed by atoms with Crippen molar-refractivity contribution in [2.45, 2.75) is 32.6 Å². The fraction of sp³-hybridized carbons (Fsp3) is 0.333. The number of hydrogen-bond donors (Lipinski definition) is 1. The van der Waals surface area contributed by atoms with Crippen LogP contribution < -0.4 is 0 Å². The molecule has 122 valence electrons. The van der Waals surface area contributed by atoms with Gasteiger partial charge < -0.3 is 9.99 Å². The first-order chi connectivity index (χ1) is 11.2. The molecule has 1 N–H and O–H groups in total. The maximum atomic E-state index is 10.4. The number of carbonyl (C=O) groups is 1. The third-order valence-electron chi connectivity index (χ3n) is 3.03. The van der Waals surface area contributed by atoms with Crippen LogP contribution in [0.3, 0.4) is 0 Å². The molecule has 0 amide bonds. The molecule has 1 aliphatic rings. The van der Waals surface area contributed by atoms with Gasteiger partial charge in [0.15, 0.2) is 0 Å². The molecule has 0 aliphatic carbocycles. The topological polar surface area (TPSA) is 79.5 Å². The van der Waals surface area contributed by atoms with Gasteiger partial charge in [0.05, 0.1) is 0 Å². The summed E-state index contributed by atoms with van der Waals surface area (Å²) in [5.41, 5.74) is 0.452. The van der Waals surface area contributed by atoms with Crippen molar-refractivity contribution in [1.82, 2.24) is 0 Å². The number of nitriles is 1. The van der Waals surface area contributed by atoms with E-state index in [2.05, 4.69) is 6.92 Å². The van der Waals surface area contributed by atoms with Crippen LogP contribution >= 0.6 is 0 Å². The second-order valence-corrected chi connectivity index (χ2v) is 4.88. The highest BCUT2D eigenvalue weighted by molar-refractivity contribution is 5.96. The van der Waals surface area contributed by atoms with Gasteiger partial charge in [-0.3, -0.25) is 0 Å². The van der Waals surface area contributed by atoms with Crippen molar-refractivity contribution in [3.63, 3.8) is 0 Å². The smallest absolute Gasteiger partial charge is 0.346 e. The summed E-state index contributed by atoms with van der Waals surface area (Å²) < 4.78 is 0. The largest absolute Gasteiger partial charge is 0.477 e. The summed E-state index contributed by atoms with van der Waals surface area (Å²) in [5.74, 6) is -0.195. The Kier molecular flexibility index (Phi) is 8.87. The number of carboxylic acids is 1. The molecule has 0 aromatic heterocycles. The quantitative estimate of drug-likeness (QED) is 0.370. The van der Waals surface area contributed by atoms with Crippen LogP contribution in [0, 0.1) is 11.3 Å². The molecular weight excluding hydrogens is 294 g/mol. The van der Waals surface area contributed by atoms with Gasteiger partial charge in [-0.25, -0.2) is 4.79 Å². The van der Waals surface area contributed by atoms with E-state index in [1.807, 2.05) is 12.1 Å². The van der Waals surface area contributed by atoms with Gasteiger partial charge in [0.25, 0.3) is 0 Å². The predicted octanol–water partition coefficient (Wildman–Crippen LogP) is 4.09. The lowest BCUT2D eigenvalue weighted by atomic mass is 10.1. The summed E-state index contributed by atoms with van der Waals surface area (Å²) in [6.45, 7) is 2.82. The van der Waals surface area contributed by atoms with Gasteiger partial charge in [-0.05, 0) is 24.1 Å². The summed E-state index contributed by atoms with van der Waals surface area (Å²) in [6, 6.07) is 10.5. The third-order valence-corrected chi connectivity index (χ3v) is 3.03. The molecule has 1 heterocycles. The van der Waals surface area contributed by atoms with Gasteiger partial charge in [0.2, 0.25) is 0 Å². The number of carboxylic acid groups (broad SMARTS) is 1. The number of unbranched alkanes of at least 4 members (excludes halogenated alkanes) is 2. The van der Waals surface area contributed by atoms with Crippen LogP contribution in [0.1, 0.15) is 38.2 Å². The number of aliphatic carboxylic acids is 1. The SMILES string of the molecule is CCCCCC1=CCOO1.N#CC(=Cc1ccccc1)C(=O)O. The summed E-state index contributed by atoms with van der Waals surface area (Å²) in [5, 5.41) is 17.0. The van der Waals surface area contributed by atoms with Crippen molar-refractivity contribution in [2.75, 3.05) is 6.61 Å². The summed E-state index contributed by atoms with van der Waals surface area (Å²) in [7, 11) is 0. The zero-order valence-electron chi connectivity index (χ0n) is 13.2. The molecule has 1 aliphatic heterocycles. The lowest BCUT2D eigenvalue weighted by molar-refractivity contribution is -0.235. The summed E-state index contributed by atoms with van der Waals surface area (Å²) in [6.07, 6.45) is 8.12. The summed E-state index contributed by atoms with van der Waals surface area (Å²) in [4.78, 5) is 20.0.